The van der Waals surface area contributed by atoms with E-state index in [4.69, 9.17) is 17.3 Å². The second-order valence-electron chi connectivity index (χ2n) is 6.47. The van der Waals surface area contributed by atoms with Gasteiger partial charge in [-0.3, -0.25) is 9.69 Å². The highest BCUT2D eigenvalue weighted by atomic mass is 35.5. The summed E-state index contributed by atoms with van der Waals surface area (Å²) in [6.07, 6.45) is 0. The van der Waals surface area contributed by atoms with Crippen LogP contribution in [0.4, 0.5) is 5.69 Å². The highest BCUT2D eigenvalue weighted by Gasteiger charge is 2.26. The van der Waals surface area contributed by atoms with Crippen LogP contribution >= 0.6 is 11.6 Å². The fraction of sp³-hybridized carbons (Fsp3) is 0.316. The van der Waals surface area contributed by atoms with Gasteiger partial charge in [0.2, 0.25) is 0 Å². The van der Waals surface area contributed by atoms with E-state index in [1.165, 1.54) is 0 Å². The number of nitrogens with one attached hydrogen (secondary N) is 1. The van der Waals surface area contributed by atoms with Crippen LogP contribution in [0.2, 0.25) is 5.02 Å². The number of carbonyl (C=O) groups excluding carboxylic acids is 1. The summed E-state index contributed by atoms with van der Waals surface area (Å²) in [6.45, 7) is 4.95. The number of likely N-dealkylation sites (tertiary alicyclic amines) is 1. The maximum atomic E-state index is 12.4. The van der Waals surface area contributed by atoms with Gasteiger partial charge in [-0.2, -0.15) is 0 Å². The van der Waals surface area contributed by atoms with Gasteiger partial charge in [-0.25, -0.2) is 0 Å². The Labute approximate surface area is 147 Å². The van der Waals surface area contributed by atoms with Gasteiger partial charge in [0, 0.05) is 31.4 Å². The van der Waals surface area contributed by atoms with Gasteiger partial charge in [0.25, 0.3) is 5.91 Å². The van der Waals surface area contributed by atoms with E-state index in [1.54, 1.807) is 18.2 Å². The lowest BCUT2D eigenvalue weighted by atomic mass is 10.1. The van der Waals surface area contributed by atoms with Gasteiger partial charge in [-0.05, 0) is 35.7 Å². The molecule has 1 heterocycles. The fourth-order valence-corrected chi connectivity index (χ4v) is 3.30. The number of nitrogens with zero attached hydrogens (tertiary/aromatic N) is 1. The summed E-state index contributed by atoms with van der Waals surface area (Å²) in [4.78, 5) is 14.7. The summed E-state index contributed by atoms with van der Waals surface area (Å²) in [5.41, 5.74) is 8.49. The zero-order chi connectivity index (χ0) is 17.1. The minimum absolute atomic E-state index is 0.199. The molecule has 4 nitrogen and oxygen atoms in total. The smallest absolute Gasteiger partial charge is 0.257 e. The van der Waals surface area contributed by atoms with Crippen LogP contribution in [0.25, 0.3) is 0 Å². The predicted molar refractivity (Wildman–Crippen MR) is 98.3 cm³/mol. The fourth-order valence-electron chi connectivity index (χ4n) is 3.07. The Hall–Kier alpha value is -1.88. The molecular weight excluding hydrogens is 322 g/mol. The molecule has 0 bridgehead atoms. The van der Waals surface area contributed by atoms with Crippen molar-refractivity contribution >= 4 is 23.2 Å². The highest BCUT2D eigenvalue weighted by Crippen LogP contribution is 2.20. The van der Waals surface area contributed by atoms with Gasteiger partial charge in [-0.1, -0.05) is 42.8 Å². The number of hydrogen-bond acceptors (Lipinski definition) is 3. The number of benzene rings is 2. The Morgan fingerprint density at radius 1 is 1.25 bits per heavy atom. The average Bonchev–Trinajstić information content (AvgIpc) is 2.85. The van der Waals surface area contributed by atoms with Crippen molar-refractivity contribution in [1.82, 2.24) is 4.90 Å². The Bertz CT molecular complexity index is 724. The molecule has 2 aromatic rings. The van der Waals surface area contributed by atoms with E-state index >= 15 is 0 Å². The molecule has 24 heavy (non-hydrogen) atoms. The molecule has 1 aliphatic heterocycles. The van der Waals surface area contributed by atoms with Crippen molar-refractivity contribution in [2.45, 2.75) is 19.5 Å². The number of halogens is 1. The predicted octanol–water partition coefficient (Wildman–Crippen LogP) is 3.37. The van der Waals surface area contributed by atoms with E-state index < -0.39 is 0 Å². The number of anilines is 1. The van der Waals surface area contributed by atoms with Crippen LogP contribution < -0.4 is 11.1 Å². The van der Waals surface area contributed by atoms with Crippen LogP contribution in [0.3, 0.4) is 0 Å². The number of amides is 1. The van der Waals surface area contributed by atoms with E-state index in [2.05, 4.69) is 23.2 Å². The molecule has 0 spiro atoms. The summed E-state index contributed by atoms with van der Waals surface area (Å²) in [5, 5.41) is 3.37. The first-order chi connectivity index (χ1) is 11.5. The molecule has 126 valence electrons. The van der Waals surface area contributed by atoms with Crippen molar-refractivity contribution in [2.75, 3.05) is 18.4 Å². The monoisotopic (exact) mass is 343 g/mol. The van der Waals surface area contributed by atoms with E-state index in [0.717, 1.165) is 30.9 Å². The van der Waals surface area contributed by atoms with Gasteiger partial charge < -0.3 is 11.1 Å². The highest BCUT2D eigenvalue weighted by molar-refractivity contribution is 6.34. The molecule has 3 N–H and O–H groups in total. The first-order valence-corrected chi connectivity index (χ1v) is 8.53. The summed E-state index contributed by atoms with van der Waals surface area (Å²) in [6, 6.07) is 15.2. The summed E-state index contributed by atoms with van der Waals surface area (Å²) >= 11 is 6.08. The second-order valence-corrected chi connectivity index (χ2v) is 6.88. The van der Waals surface area contributed by atoms with Gasteiger partial charge >= 0.3 is 0 Å². The zero-order valence-electron chi connectivity index (χ0n) is 13.7. The van der Waals surface area contributed by atoms with Crippen LogP contribution in [-0.4, -0.2) is 29.9 Å². The van der Waals surface area contributed by atoms with Crippen molar-refractivity contribution in [3.63, 3.8) is 0 Å². The largest absolute Gasteiger partial charge is 0.326 e. The molecular formula is C19H22ClN3O. The topological polar surface area (TPSA) is 58.4 Å². The molecule has 0 aliphatic carbocycles. The molecule has 1 amide bonds. The van der Waals surface area contributed by atoms with Gasteiger partial charge in [0.1, 0.15) is 0 Å². The molecule has 0 radical (unpaired) electrons. The lowest BCUT2D eigenvalue weighted by molar-refractivity contribution is 0.102. The summed E-state index contributed by atoms with van der Waals surface area (Å²) < 4.78 is 0. The lowest BCUT2D eigenvalue weighted by Crippen LogP contribution is -2.28. The molecule has 0 saturated carbocycles. The molecule has 3 rings (SSSR count). The van der Waals surface area contributed by atoms with Crippen molar-refractivity contribution in [1.29, 1.82) is 0 Å². The third-order valence-electron chi connectivity index (χ3n) is 4.46. The maximum Gasteiger partial charge on any atom is 0.257 e. The molecule has 5 heteroatoms. The Kier molecular flexibility index (Phi) is 5.19. The van der Waals surface area contributed by atoms with Gasteiger partial charge in [0.15, 0.2) is 0 Å². The van der Waals surface area contributed by atoms with Crippen molar-refractivity contribution in [2.24, 2.45) is 11.7 Å². The molecule has 2 aromatic carbocycles. The molecule has 2 unspecified atom stereocenters. The summed E-state index contributed by atoms with van der Waals surface area (Å²) in [7, 11) is 0. The lowest BCUT2D eigenvalue weighted by Gasteiger charge is -2.16. The third-order valence-corrected chi connectivity index (χ3v) is 4.79. The third kappa shape index (κ3) is 3.96. The molecule has 1 aliphatic rings. The molecule has 1 saturated heterocycles. The van der Waals surface area contributed by atoms with Crippen molar-refractivity contribution in [3.8, 4) is 0 Å². The minimum atomic E-state index is -0.199. The average molecular weight is 344 g/mol. The number of hydrogen-bond donors (Lipinski definition) is 2. The van der Waals surface area contributed by atoms with Crippen LogP contribution in [0.5, 0.6) is 0 Å². The number of nitrogens with two attached hydrogens (primary N) is 1. The standard InChI is InChI=1S/C19H22ClN3O/c1-13-10-23(12-18(13)21)11-14-5-4-6-15(9-14)22-19(24)16-7-2-3-8-17(16)20/h2-9,13,18H,10-12,21H2,1H3,(H,22,24). The Morgan fingerprint density at radius 2 is 2.04 bits per heavy atom. The van der Waals surface area contributed by atoms with Crippen LogP contribution in [-0.2, 0) is 6.54 Å². The van der Waals surface area contributed by atoms with Crippen LogP contribution in [0.15, 0.2) is 48.5 Å². The van der Waals surface area contributed by atoms with Crippen LogP contribution in [0, 0.1) is 5.92 Å². The summed E-state index contributed by atoms with van der Waals surface area (Å²) in [5.74, 6) is 0.322. The normalized spacial score (nSPS) is 21.0. The van der Waals surface area contributed by atoms with Crippen molar-refractivity contribution < 1.29 is 4.79 Å². The molecule has 1 fully saturated rings. The Balaban J connectivity index is 1.67. The van der Waals surface area contributed by atoms with E-state index in [9.17, 15) is 4.79 Å². The Morgan fingerprint density at radius 3 is 2.75 bits per heavy atom. The maximum absolute atomic E-state index is 12.4. The van der Waals surface area contributed by atoms with E-state index in [0.29, 0.717) is 16.5 Å². The second kappa shape index (κ2) is 7.34. The van der Waals surface area contributed by atoms with E-state index in [-0.39, 0.29) is 11.9 Å². The first-order valence-electron chi connectivity index (χ1n) is 8.15. The number of carbonyl (C=O) groups is 1. The van der Waals surface area contributed by atoms with E-state index in [1.807, 2.05) is 24.3 Å². The molecule has 2 atom stereocenters. The minimum Gasteiger partial charge on any atom is -0.326 e. The number of rotatable bonds is 4. The van der Waals surface area contributed by atoms with Gasteiger partial charge in [-0.15, -0.1) is 0 Å². The first kappa shape index (κ1) is 17.0. The molecule has 0 aromatic heterocycles. The van der Waals surface area contributed by atoms with Crippen molar-refractivity contribution in [3.05, 3.63) is 64.7 Å². The van der Waals surface area contributed by atoms with Gasteiger partial charge in [0.05, 0.1) is 10.6 Å². The quantitative estimate of drug-likeness (QED) is 0.894. The van der Waals surface area contributed by atoms with Crippen LogP contribution in [0.1, 0.15) is 22.8 Å². The SMILES string of the molecule is CC1CN(Cc2cccc(NC(=O)c3ccccc3Cl)c2)CC1N. The zero-order valence-corrected chi connectivity index (χ0v) is 14.5.